The minimum Gasteiger partial charge on any atom is -0.319 e. The Morgan fingerprint density at radius 3 is 2.90 bits per heavy atom. The highest BCUT2D eigenvalue weighted by molar-refractivity contribution is 9.10. The molecule has 2 aromatic carbocycles. The Kier molecular flexibility index (Phi) is 3.93. The molecule has 21 heavy (non-hydrogen) atoms. The van der Waals surface area contributed by atoms with Crippen molar-refractivity contribution in [2.24, 2.45) is 0 Å². The van der Waals surface area contributed by atoms with Gasteiger partial charge in [-0.2, -0.15) is 0 Å². The number of hydrogen-bond acceptors (Lipinski definition) is 3. The van der Waals surface area contributed by atoms with E-state index in [2.05, 4.69) is 26.2 Å². The molecule has 0 unspecified atom stereocenters. The Balaban J connectivity index is 1.98. The molecular weight excluding hydrogens is 379 g/mol. The maximum Gasteiger partial charge on any atom is 0.255 e. The number of benzene rings is 2. The van der Waals surface area contributed by atoms with E-state index in [0.717, 1.165) is 10.8 Å². The van der Waals surface area contributed by atoms with Crippen LogP contribution in [0.25, 0.3) is 10.2 Å². The highest BCUT2D eigenvalue weighted by atomic mass is 79.9. The molecule has 0 fully saturated rings. The van der Waals surface area contributed by atoms with Crippen molar-refractivity contribution in [3.05, 3.63) is 56.7 Å². The standard InChI is InChI=1S/C14H7BrClFN2OS/c15-8-2-1-7(5-10(8)17)14(20)19-12-9(16)3-4-11-13(12)18-6-21-11/h1-6H,(H,19,20). The smallest absolute Gasteiger partial charge is 0.255 e. The first-order chi connectivity index (χ1) is 10.1. The second kappa shape index (κ2) is 5.71. The van der Waals surface area contributed by atoms with Gasteiger partial charge in [0.1, 0.15) is 11.3 Å². The first kappa shape index (κ1) is 14.4. The molecule has 0 aliphatic heterocycles. The van der Waals surface area contributed by atoms with Crippen LogP contribution in [-0.4, -0.2) is 10.9 Å². The van der Waals surface area contributed by atoms with Gasteiger partial charge in [-0.3, -0.25) is 4.79 Å². The fourth-order valence-electron chi connectivity index (χ4n) is 1.85. The first-order valence-electron chi connectivity index (χ1n) is 5.84. The zero-order chi connectivity index (χ0) is 15.0. The lowest BCUT2D eigenvalue weighted by molar-refractivity contribution is 0.102. The molecule has 3 nitrogen and oxygen atoms in total. The van der Waals surface area contributed by atoms with Crippen molar-refractivity contribution in [1.82, 2.24) is 4.98 Å². The molecule has 0 saturated heterocycles. The maximum absolute atomic E-state index is 13.5. The number of nitrogens with zero attached hydrogens (tertiary/aromatic N) is 1. The third-order valence-corrected chi connectivity index (χ3v) is 4.62. The summed E-state index contributed by atoms with van der Waals surface area (Å²) >= 11 is 10.6. The molecule has 0 aliphatic rings. The molecule has 106 valence electrons. The molecule has 3 rings (SSSR count). The number of halogens is 3. The van der Waals surface area contributed by atoms with Crippen LogP contribution in [0.4, 0.5) is 10.1 Å². The minimum absolute atomic E-state index is 0.207. The molecule has 0 radical (unpaired) electrons. The SMILES string of the molecule is O=C(Nc1c(Cl)ccc2scnc12)c1ccc(Br)c(F)c1. The highest BCUT2D eigenvalue weighted by Crippen LogP contribution is 2.32. The third kappa shape index (κ3) is 2.79. The lowest BCUT2D eigenvalue weighted by Gasteiger charge is -2.08. The Morgan fingerprint density at radius 2 is 2.14 bits per heavy atom. The predicted molar refractivity (Wildman–Crippen MR) is 86.7 cm³/mol. The van der Waals surface area contributed by atoms with E-state index in [1.165, 1.54) is 23.5 Å². The summed E-state index contributed by atoms with van der Waals surface area (Å²) in [6.45, 7) is 0. The van der Waals surface area contributed by atoms with Crippen molar-refractivity contribution in [3.63, 3.8) is 0 Å². The summed E-state index contributed by atoms with van der Waals surface area (Å²) in [5.74, 6) is -0.940. The van der Waals surface area contributed by atoms with Crippen molar-refractivity contribution in [3.8, 4) is 0 Å². The van der Waals surface area contributed by atoms with Crippen LogP contribution in [0.1, 0.15) is 10.4 Å². The summed E-state index contributed by atoms with van der Waals surface area (Å²) in [5.41, 5.74) is 2.94. The number of thiazole rings is 1. The topological polar surface area (TPSA) is 42.0 Å². The molecule has 3 aromatic rings. The molecule has 1 amide bonds. The second-order valence-corrected chi connectivity index (χ2v) is 6.35. The molecule has 0 aliphatic carbocycles. The second-order valence-electron chi connectivity index (χ2n) is 4.20. The third-order valence-electron chi connectivity index (χ3n) is 2.87. The highest BCUT2D eigenvalue weighted by Gasteiger charge is 2.14. The molecule has 7 heteroatoms. The van der Waals surface area contributed by atoms with Gasteiger partial charge in [0.15, 0.2) is 0 Å². The number of anilines is 1. The average Bonchev–Trinajstić information content (AvgIpc) is 2.93. The molecule has 0 atom stereocenters. The number of rotatable bonds is 2. The van der Waals surface area contributed by atoms with E-state index in [-0.39, 0.29) is 5.56 Å². The summed E-state index contributed by atoms with van der Waals surface area (Å²) in [5, 5.41) is 3.08. The van der Waals surface area contributed by atoms with Crippen molar-refractivity contribution < 1.29 is 9.18 Å². The Bertz CT molecular complexity index is 852. The number of hydrogen-bond donors (Lipinski definition) is 1. The van der Waals surface area contributed by atoms with Crippen molar-refractivity contribution >= 4 is 60.7 Å². The fraction of sp³-hybridized carbons (Fsp3) is 0. The summed E-state index contributed by atoms with van der Waals surface area (Å²) in [7, 11) is 0. The molecule has 1 aromatic heterocycles. The predicted octanol–water partition coefficient (Wildman–Crippen LogP) is 5.10. The van der Waals surface area contributed by atoms with Crippen LogP contribution in [0.5, 0.6) is 0 Å². The monoisotopic (exact) mass is 384 g/mol. The van der Waals surface area contributed by atoms with Crippen molar-refractivity contribution in [2.45, 2.75) is 0 Å². The van der Waals surface area contributed by atoms with E-state index in [1.54, 1.807) is 11.6 Å². The van der Waals surface area contributed by atoms with E-state index in [1.807, 2.05) is 6.07 Å². The van der Waals surface area contributed by atoms with Crippen molar-refractivity contribution in [2.75, 3.05) is 5.32 Å². The maximum atomic E-state index is 13.5. The van der Waals surface area contributed by atoms with Gasteiger partial charge >= 0.3 is 0 Å². The summed E-state index contributed by atoms with van der Waals surface area (Å²) in [4.78, 5) is 16.4. The van der Waals surface area contributed by atoms with Crippen LogP contribution >= 0.6 is 38.9 Å². The van der Waals surface area contributed by atoms with Gasteiger partial charge in [-0.1, -0.05) is 11.6 Å². The zero-order valence-electron chi connectivity index (χ0n) is 10.4. The van der Waals surface area contributed by atoms with Crippen LogP contribution in [0.2, 0.25) is 5.02 Å². The van der Waals surface area contributed by atoms with Gasteiger partial charge in [0, 0.05) is 5.56 Å². The molecule has 0 bridgehead atoms. The van der Waals surface area contributed by atoms with Crippen LogP contribution in [0, 0.1) is 5.82 Å². The summed E-state index contributed by atoms with van der Waals surface area (Å²) in [6, 6.07) is 7.70. The zero-order valence-corrected chi connectivity index (χ0v) is 13.5. The van der Waals surface area contributed by atoms with Gasteiger partial charge < -0.3 is 5.32 Å². The van der Waals surface area contributed by atoms with E-state index in [4.69, 9.17) is 11.6 Å². The minimum atomic E-state index is -0.499. The molecule has 1 N–H and O–H groups in total. The number of carbonyl (C=O) groups is 1. The van der Waals surface area contributed by atoms with Crippen LogP contribution < -0.4 is 5.32 Å². The number of nitrogens with one attached hydrogen (secondary N) is 1. The van der Waals surface area contributed by atoms with Gasteiger partial charge in [0.2, 0.25) is 0 Å². The van der Waals surface area contributed by atoms with Gasteiger partial charge in [-0.25, -0.2) is 9.37 Å². The van der Waals surface area contributed by atoms with Crippen LogP contribution in [0.15, 0.2) is 40.3 Å². The quantitative estimate of drug-likeness (QED) is 0.666. The van der Waals surface area contributed by atoms with Gasteiger partial charge in [-0.05, 0) is 46.3 Å². The lowest BCUT2D eigenvalue weighted by Crippen LogP contribution is -2.13. The average molecular weight is 386 g/mol. The van der Waals surface area contributed by atoms with Crippen molar-refractivity contribution in [1.29, 1.82) is 0 Å². The number of fused-ring (bicyclic) bond motifs is 1. The Hall–Kier alpha value is -1.50. The normalized spacial score (nSPS) is 10.8. The summed E-state index contributed by atoms with van der Waals surface area (Å²) < 4.78 is 14.7. The largest absolute Gasteiger partial charge is 0.319 e. The molecule has 0 saturated carbocycles. The molecular formula is C14H7BrClFN2OS. The number of amides is 1. The number of aromatic nitrogens is 1. The van der Waals surface area contributed by atoms with E-state index in [9.17, 15) is 9.18 Å². The summed E-state index contributed by atoms with van der Waals surface area (Å²) in [6.07, 6.45) is 0. The number of carbonyl (C=O) groups excluding carboxylic acids is 1. The molecule has 0 spiro atoms. The van der Waals surface area contributed by atoms with Crippen LogP contribution in [-0.2, 0) is 0 Å². The molecule has 1 heterocycles. The Morgan fingerprint density at radius 1 is 1.33 bits per heavy atom. The van der Waals surface area contributed by atoms with E-state index in [0.29, 0.717) is 20.7 Å². The van der Waals surface area contributed by atoms with E-state index < -0.39 is 11.7 Å². The van der Waals surface area contributed by atoms with Crippen LogP contribution in [0.3, 0.4) is 0 Å². The first-order valence-corrected chi connectivity index (χ1v) is 7.89. The fourth-order valence-corrected chi connectivity index (χ4v) is 2.98. The van der Waals surface area contributed by atoms with E-state index >= 15 is 0 Å². The van der Waals surface area contributed by atoms with Gasteiger partial charge in [-0.15, -0.1) is 11.3 Å². The van der Waals surface area contributed by atoms with Gasteiger partial charge in [0.25, 0.3) is 5.91 Å². The lowest BCUT2D eigenvalue weighted by atomic mass is 10.2. The Labute approximate surface area is 136 Å². The van der Waals surface area contributed by atoms with Gasteiger partial charge in [0.05, 0.1) is 25.4 Å².